The van der Waals surface area contributed by atoms with Gasteiger partial charge in [0, 0.05) is 33.1 Å². The highest BCUT2D eigenvalue weighted by molar-refractivity contribution is 6.31. The van der Waals surface area contributed by atoms with Crippen molar-refractivity contribution >= 4 is 29.4 Å². The van der Waals surface area contributed by atoms with E-state index in [4.69, 9.17) is 11.6 Å². The van der Waals surface area contributed by atoms with Gasteiger partial charge in [0.15, 0.2) is 0 Å². The van der Waals surface area contributed by atoms with Crippen LogP contribution in [0.4, 0.5) is 4.79 Å². The first-order valence-corrected chi connectivity index (χ1v) is 6.35. The molecular weight excluding hydrogens is 258 g/mol. The lowest BCUT2D eigenvalue weighted by Crippen LogP contribution is -2.46. The summed E-state index contributed by atoms with van der Waals surface area (Å²) in [4.78, 5) is 37.5. The van der Waals surface area contributed by atoms with Crippen molar-refractivity contribution in [1.29, 1.82) is 0 Å². The van der Waals surface area contributed by atoms with Crippen molar-refractivity contribution in [3.05, 3.63) is 0 Å². The zero-order valence-electron chi connectivity index (χ0n) is 10.6. The molecule has 0 aromatic rings. The molecule has 1 aliphatic heterocycles. The number of hydrogen-bond donors (Lipinski definition) is 1. The number of carbonyl (C=O) groups is 3. The standard InChI is InChI=1S/C11H18ClN3O3/c1-8(12)10(17)13-11(18)15-5-3-4-14(6-7-15)9(2)16/h8H,3-7H2,1-2H3,(H,13,17,18). The Labute approximate surface area is 111 Å². The van der Waals surface area contributed by atoms with Gasteiger partial charge in [-0.1, -0.05) is 0 Å². The Morgan fingerprint density at radius 1 is 1.11 bits per heavy atom. The van der Waals surface area contributed by atoms with E-state index in [-0.39, 0.29) is 5.91 Å². The number of nitrogens with zero attached hydrogens (tertiary/aromatic N) is 2. The highest BCUT2D eigenvalue weighted by Crippen LogP contribution is 2.04. The SMILES string of the molecule is CC(=O)N1CCCN(C(=O)NC(=O)C(C)Cl)CC1. The molecule has 18 heavy (non-hydrogen) atoms. The van der Waals surface area contributed by atoms with Gasteiger partial charge < -0.3 is 9.80 Å². The quantitative estimate of drug-likeness (QED) is 0.705. The first-order valence-electron chi connectivity index (χ1n) is 5.91. The maximum absolute atomic E-state index is 11.8. The van der Waals surface area contributed by atoms with Gasteiger partial charge in [-0.3, -0.25) is 14.9 Å². The van der Waals surface area contributed by atoms with Crippen LogP contribution in [0.3, 0.4) is 0 Å². The van der Waals surface area contributed by atoms with E-state index in [0.717, 1.165) is 0 Å². The van der Waals surface area contributed by atoms with Gasteiger partial charge in [-0.2, -0.15) is 0 Å². The van der Waals surface area contributed by atoms with E-state index in [9.17, 15) is 14.4 Å². The second kappa shape index (κ2) is 6.58. The minimum atomic E-state index is -0.741. The Hall–Kier alpha value is -1.30. The lowest BCUT2D eigenvalue weighted by molar-refractivity contribution is -0.128. The Morgan fingerprint density at radius 2 is 1.67 bits per heavy atom. The van der Waals surface area contributed by atoms with Gasteiger partial charge in [0.2, 0.25) is 11.8 Å². The van der Waals surface area contributed by atoms with Gasteiger partial charge in [0.05, 0.1) is 0 Å². The van der Waals surface area contributed by atoms with E-state index in [1.54, 1.807) is 4.90 Å². The number of rotatable bonds is 1. The number of halogens is 1. The first kappa shape index (κ1) is 14.8. The van der Waals surface area contributed by atoms with Gasteiger partial charge in [0.1, 0.15) is 5.38 Å². The van der Waals surface area contributed by atoms with E-state index >= 15 is 0 Å². The molecule has 1 rings (SSSR count). The fourth-order valence-electron chi connectivity index (χ4n) is 1.72. The van der Waals surface area contributed by atoms with Crippen LogP contribution in [0, 0.1) is 0 Å². The van der Waals surface area contributed by atoms with E-state index in [1.807, 2.05) is 0 Å². The summed E-state index contributed by atoms with van der Waals surface area (Å²) in [6.07, 6.45) is 0.706. The molecule has 102 valence electrons. The van der Waals surface area contributed by atoms with Crippen molar-refractivity contribution in [1.82, 2.24) is 15.1 Å². The van der Waals surface area contributed by atoms with Crippen LogP contribution in [0.2, 0.25) is 0 Å². The molecule has 0 aromatic carbocycles. The van der Waals surface area contributed by atoms with Crippen LogP contribution in [0.5, 0.6) is 0 Å². The van der Waals surface area contributed by atoms with Gasteiger partial charge in [-0.05, 0) is 13.3 Å². The van der Waals surface area contributed by atoms with Crippen LogP contribution in [0.15, 0.2) is 0 Å². The molecule has 1 atom stereocenters. The third-order valence-corrected chi connectivity index (χ3v) is 3.02. The summed E-state index contributed by atoms with van der Waals surface area (Å²) < 4.78 is 0. The van der Waals surface area contributed by atoms with Crippen LogP contribution < -0.4 is 5.32 Å². The van der Waals surface area contributed by atoms with Gasteiger partial charge in [-0.15, -0.1) is 11.6 Å². The van der Waals surface area contributed by atoms with Crippen LogP contribution in [-0.2, 0) is 9.59 Å². The summed E-state index contributed by atoms with van der Waals surface area (Å²) in [7, 11) is 0. The maximum Gasteiger partial charge on any atom is 0.324 e. The number of amides is 4. The van der Waals surface area contributed by atoms with Crippen LogP contribution in [-0.4, -0.2) is 59.2 Å². The lowest BCUT2D eigenvalue weighted by Gasteiger charge is -2.21. The number of imide groups is 1. The Balaban J connectivity index is 2.50. The normalized spacial score (nSPS) is 17.9. The third-order valence-electron chi connectivity index (χ3n) is 2.82. The highest BCUT2D eigenvalue weighted by atomic mass is 35.5. The average Bonchev–Trinajstić information content (AvgIpc) is 2.53. The van der Waals surface area contributed by atoms with Crippen LogP contribution in [0.1, 0.15) is 20.3 Å². The summed E-state index contributed by atoms with van der Waals surface area (Å²) in [5.74, 6) is -0.503. The Kier molecular flexibility index (Phi) is 5.40. The number of nitrogens with one attached hydrogen (secondary N) is 1. The Bertz CT molecular complexity index is 346. The van der Waals surface area contributed by atoms with Crippen molar-refractivity contribution in [2.75, 3.05) is 26.2 Å². The zero-order chi connectivity index (χ0) is 13.7. The maximum atomic E-state index is 11.8. The summed E-state index contributed by atoms with van der Waals surface area (Å²) in [6.45, 7) is 5.10. The molecule has 1 N–H and O–H groups in total. The number of hydrogen-bond acceptors (Lipinski definition) is 3. The summed E-state index contributed by atoms with van der Waals surface area (Å²) in [6, 6.07) is -0.446. The molecule has 0 saturated carbocycles. The van der Waals surface area contributed by atoms with Crippen molar-refractivity contribution < 1.29 is 14.4 Å². The van der Waals surface area contributed by atoms with E-state index in [0.29, 0.717) is 32.6 Å². The molecule has 4 amide bonds. The molecule has 0 aromatic heterocycles. The van der Waals surface area contributed by atoms with Gasteiger partial charge in [0.25, 0.3) is 0 Å². The largest absolute Gasteiger partial charge is 0.341 e. The summed E-state index contributed by atoms with van der Waals surface area (Å²) in [5, 5.41) is 1.49. The number of carbonyl (C=O) groups excluding carboxylic acids is 3. The molecular formula is C11H18ClN3O3. The van der Waals surface area contributed by atoms with Crippen molar-refractivity contribution in [3.8, 4) is 0 Å². The van der Waals surface area contributed by atoms with Gasteiger partial charge in [-0.25, -0.2) is 4.79 Å². The zero-order valence-corrected chi connectivity index (χ0v) is 11.4. The van der Waals surface area contributed by atoms with Crippen LogP contribution in [0.25, 0.3) is 0 Å². The lowest BCUT2D eigenvalue weighted by atomic mass is 10.4. The predicted molar refractivity (Wildman–Crippen MR) is 67.3 cm³/mol. The molecule has 6 nitrogen and oxygen atoms in total. The minimum Gasteiger partial charge on any atom is -0.341 e. The molecule has 1 heterocycles. The number of alkyl halides is 1. The van der Waals surface area contributed by atoms with Gasteiger partial charge >= 0.3 is 6.03 Å². The predicted octanol–water partition coefficient (Wildman–Crippen LogP) is 0.404. The molecule has 0 bridgehead atoms. The fourth-order valence-corrected chi connectivity index (χ4v) is 1.77. The molecule has 1 aliphatic rings. The molecule has 0 aliphatic carbocycles. The smallest absolute Gasteiger partial charge is 0.324 e. The third kappa shape index (κ3) is 4.18. The monoisotopic (exact) mass is 275 g/mol. The molecule has 7 heteroatoms. The number of urea groups is 1. The second-order valence-corrected chi connectivity index (χ2v) is 4.91. The minimum absolute atomic E-state index is 0.00251. The van der Waals surface area contributed by atoms with Crippen molar-refractivity contribution in [2.45, 2.75) is 25.6 Å². The van der Waals surface area contributed by atoms with E-state index < -0.39 is 17.3 Å². The molecule has 1 fully saturated rings. The fraction of sp³-hybridized carbons (Fsp3) is 0.727. The average molecular weight is 276 g/mol. The second-order valence-electron chi connectivity index (χ2n) is 4.26. The molecule has 1 unspecified atom stereocenters. The summed E-state index contributed by atoms with van der Waals surface area (Å²) >= 11 is 5.57. The first-order chi connectivity index (χ1) is 8.41. The Morgan fingerprint density at radius 3 is 2.22 bits per heavy atom. The van der Waals surface area contributed by atoms with Crippen LogP contribution >= 0.6 is 11.6 Å². The molecule has 0 radical (unpaired) electrons. The van der Waals surface area contributed by atoms with Crippen molar-refractivity contribution in [2.24, 2.45) is 0 Å². The van der Waals surface area contributed by atoms with E-state index in [2.05, 4.69) is 5.32 Å². The topological polar surface area (TPSA) is 69.7 Å². The summed E-state index contributed by atoms with van der Waals surface area (Å²) in [5.41, 5.74) is 0. The molecule has 0 spiro atoms. The highest BCUT2D eigenvalue weighted by Gasteiger charge is 2.22. The van der Waals surface area contributed by atoms with Crippen molar-refractivity contribution in [3.63, 3.8) is 0 Å². The molecule has 1 saturated heterocycles. The van der Waals surface area contributed by atoms with E-state index in [1.165, 1.54) is 18.7 Å².